The van der Waals surface area contributed by atoms with Crippen molar-refractivity contribution < 1.29 is 4.74 Å². The van der Waals surface area contributed by atoms with Crippen LogP contribution in [0.1, 0.15) is 16.7 Å². The Kier molecular flexibility index (Phi) is 4.86. The van der Waals surface area contributed by atoms with E-state index in [9.17, 15) is 0 Å². The summed E-state index contributed by atoms with van der Waals surface area (Å²) in [6, 6.07) is 11.7. The fourth-order valence-electron chi connectivity index (χ4n) is 1.92. The van der Waals surface area contributed by atoms with Crippen molar-refractivity contribution in [1.82, 2.24) is 0 Å². The molecular formula is C15H15BrClNO. The lowest BCUT2D eigenvalue weighted by Gasteiger charge is -2.14. The first kappa shape index (κ1) is 14.4. The van der Waals surface area contributed by atoms with Crippen molar-refractivity contribution in [2.75, 3.05) is 0 Å². The third-order valence-corrected chi connectivity index (χ3v) is 3.69. The van der Waals surface area contributed by atoms with E-state index in [1.165, 1.54) is 0 Å². The van der Waals surface area contributed by atoms with Crippen molar-refractivity contribution >= 4 is 27.5 Å². The molecule has 0 aliphatic heterocycles. The zero-order valence-electron chi connectivity index (χ0n) is 10.6. The largest absolute Gasteiger partial charge is 0.488 e. The summed E-state index contributed by atoms with van der Waals surface area (Å²) in [5, 5.41) is 0.714. The molecule has 2 nitrogen and oxygen atoms in total. The second-order valence-electron chi connectivity index (χ2n) is 4.30. The molecular weight excluding hydrogens is 326 g/mol. The highest BCUT2D eigenvalue weighted by atomic mass is 79.9. The van der Waals surface area contributed by atoms with Crippen molar-refractivity contribution in [2.24, 2.45) is 5.73 Å². The molecule has 19 heavy (non-hydrogen) atoms. The Morgan fingerprint density at radius 3 is 2.63 bits per heavy atom. The smallest absolute Gasteiger partial charge is 0.127 e. The fourth-order valence-corrected chi connectivity index (χ4v) is 2.73. The molecule has 0 aliphatic rings. The van der Waals surface area contributed by atoms with E-state index in [-0.39, 0.29) is 0 Å². The molecule has 2 aromatic carbocycles. The van der Waals surface area contributed by atoms with Gasteiger partial charge in [0.1, 0.15) is 12.4 Å². The number of aryl methyl sites for hydroxylation is 1. The average Bonchev–Trinajstić information content (AvgIpc) is 2.38. The van der Waals surface area contributed by atoms with Gasteiger partial charge in [0.05, 0.1) is 0 Å². The van der Waals surface area contributed by atoms with Crippen LogP contribution < -0.4 is 10.5 Å². The summed E-state index contributed by atoms with van der Waals surface area (Å²) >= 11 is 9.58. The second-order valence-corrected chi connectivity index (χ2v) is 5.62. The Balaban J connectivity index is 2.22. The molecule has 0 fully saturated rings. The Morgan fingerprint density at radius 1 is 1.21 bits per heavy atom. The Hall–Kier alpha value is -1.03. The van der Waals surface area contributed by atoms with Gasteiger partial charge in [0.2, 0.25) is 0 Å². The zero-order chi connectivity index (χ0) is 13.8. The highest BCUT2D eigenvalue weighted by molar-refractivity contribution is 9.10. The molecule has 0 atom stereocenters. The van der Waals surface area contributed by atoms with Crippen LogP contribution in [-0.4, -0.2) is 0 Å². The quantitative estimate of drug-likeness (QED) is 0.892. The first-order valence-electron chi connectivity index (χ1n) is 5.97. The van der Waals surface area contributed by atoms with Crippen molar-refractivity contribution in [3.8, 4) is 5.75 Å². The number of halogens is 2. The van der Waals surface area contributed by atoms with Crippen molar-refractivity contribution in [3.05, 3.63) is 62.6 Å². The van der Waals surface area contributed by atoms with Gasteiger partial charge in [-0.15, -0.1) is 0 Å². The Labute approximate surface area is 126 Å². The molecule has 0 spiro atoms. The van der Waals surface area contributed by atoms with Gasteiger partial charge in [-0.1, -0.05) is 45.7 Å². The lowest BCUT2D eigenvalue weighted by atomic mass is 10.1. The van der Waals surface area contributed by atoms with Crippen LogP contribution in [0.4, 0.5) is 0 Å². The summed E-state index contributed by atoms with van der Waals surface area (Å²) in [6.45, 7) is 2.89. The van der Waals surface area contributed by atoms with Gasteiger partial charge in [-0.3, -0.25) is 0 Å². The highest BCUT2D eigenvalue weighted by Gasteiger charge is 2.09. The standard InChI is InChI=1S/C15H15BrClNO/c1-10-6-13(16)7-12(8-18)15(10)19-9-11-4-2-3-5-14(11)17/h2-7H,8-9,18H2,1H3. The number of rotatable bonds is 4. The van der Waals surface area contributed by atoms with Crippen LogP contribution in [0.5, 0.6) is 5.75 Å². The normalized spacial score (nSPS) is 10.5. The van der Waals surface area contributed by atoms with Crippen LogP contribution in [0.25, 0.3) is 0 Å². The van der Waals surface area contributed by atoms with Gasteiger partial charge in [-0.2, -0.15) is 0 Å². The molecule has 2 rings (SSSR count). The Bertz CT molecular complexity index is 586. The molecule has 100 valence electrons. The summed E-state index contributed by atoms with van der Waals surface area (Å²) in [4.78, 5) is 0. The first-order valence-corrected chi connectivity index (χ1v) is 7.14. The minimum Gasteiger partial charge on any atom is -0.488 e. The maximum absolute atomic E-state index is 6.12. The summed E-state index contributed by atoms with van der Waals surface area (Å²) < 4.78 is 6.91. The number of hydrogen-bond acceptors (Lipinski definition) is 2. The molecule has 4 heteroatoms. The topological polar surface area (TPSA) is 35.2 Å². The molecule has 0 amide bonds. The number of ether oxygens (including phenoxy) is 1. The molecule has 2 aromatic rings. The SMILES string of the molecule is Cc1cc(Br)cc(CN)c1OCc1ccccc1Cl. The van der Waals surface area contributed by atoms with E-state index >= 15 is 0 Å². The zero-order valence-corrected chi connectivity index (χ0v) is 13.0. The third-order valence-electron chi connectivity index (χ3n) is 2.87. The molecule has 0 saturated carbocycles. The van der Waals surface area contributed by atoms with Gasteiger partial charge >= 0.3 is 0 Å². The lowest BCUT2D eigenvalue weighted by molar-refractivity contribution is 0.301. The van der Waals surface area contributed by atoms with E-state index in [4.69, 9.17) is 22.1 Å². The van der Waals surface area contributed by atoms with Crippen LogP contribution in [0.2, 0.25) is 5.02 Å². The van der Waals surface area contributed by atoms with Gasteiger partial charge < -0.3 is 10.5 Å². The third kappa shape index (κ3) is 3.50. The van der Waals surface area contributed by atoms with Crippen LogP contribution in [0.15, 0.2) is 40.9 Å². The van der Waals surface area contributed by atoms with Gasteiger partial charge in [0.25, 0.3) is 0 Å². The first-order chi connectivity index (χ1) is 9.11. The minimum atomic E-state index is 0.440. The second kappa shape index (κ2) is 6.42. The van der Waals surface area contributed by atoms with E-state index < -0.39 is 0 Å². The van der Waals surface area contributed by atoms with Crippen LogP contribution in [0.3, 0.4) is 0 Å². The van der Waals surface area contributed by atoms with Crippen molar-refractivity contribution in [3.63, 3.8) is 0 Å². The monoisotopic (exact) mass is 339 g/mol. The maximum atomic E-state index is 6.12. The predicted molar refractivity (Wildman–Crippen MR) is 82.6 cm³/mol. The lowest BCUT2D eigenvalue weighted by Crippen LogP contribution is -2.05. The molecule has 0 heterocycles. The van der Waals surface area contributed by atoms with Gasteiger partial charge in [-0.05, 0) is 30.7 Å². The Morgan fingerprint density at radius 2 is 1.95 bits per heavy atom. The number of nitrogens with two attached hydrogens (primary N) is 1. The average molecular weight is 341 g/mol. The highest BCUT2D eigenvalue weighted by Crippen LogP contribution is 2.29. The maximum Gasteiger partial charge on any atom is 0.127 e. The minimum absolute atomic E-state index is 0.440. The van der Waals surface area contributed by atoms with E-state index in [0.29, 0.717) is 18.2 Å². The van der Waals surface area contributed by atoms with Crippen molar-refractivity contribution in [1.29, 1.82) is 0 Å². The number of hydrogen-bond donors (Lipinski definition) is 1. The molecule has 0 unspecified atom stereocenters. The summed E-state index contributed by atoms with van der Waals surface area (Å²) in [7, 11) is 0. The molecule has 0 bridgehead atoms. The molecule has 0 aliphatic carbocycles. The van der Waals surface area contributed by atoms with Gasteiger partial charge in [0.15, 0.2) is 0 Å². The fraction of sp³-hybridized carbons (Fsp3) is 0.200. The van der Waals surface area contributed by atoms with Crippen LogP contribution >= 0.6 is 27.5 Å². The van der Waals surface area contributed by atoms with E-state index in [1.807, 2.05) is 43.3 Å². The van der Waals surface area contributed by atoms with Gasteiger partial charge in [0, 0.05) is 27.2 Å². The van der Waals surface area contributed by atoms with Crippen LogP contribution in [-0.2, 0) is 13.2 Å². The van der Waals surface area contributed by atoms with Crippen molar-refractivity contribution in [2.45, 2.75) is 20.1 Å². The summed E-state index contributed by atoms with van der Waals surface area (Å²) in [5.41, 5.74) is 8.77. The summed E-state index contributed by atoms with van der Waals surface area (Å²) in [5.74, 6) is 0.839. The molecule has 0 aromatic heterocycles. The molecule has 0 radical (unpaired) electrons. The van der Waals surface area contributed by atoms with E-state index in [0.717, 1.165) is 26.9 Å². The number of benzene rings is 2. The van der Waals surface area contributed by atoms with Gasteiger partial charge in [-0.25, -0.2) is 0 Å². The van der Waals surface area contributed by atoms with E-state index in [2.05, 4.69) is 15.9 Å². The molecule has 0 saturated heterocycles. The summed E-state index contributed by atoms with van der Waals surface area (Å²) in [6.07, 6.45) is 0. The predicted octanol–water partition coefficient (Wildman–Crippen LogP) is 4.45. The van der Waals surface area contributed by atoms with E-state index in [1.54, 1.807) is 0 Å². The molecule has 2 N–H and O–H groups in total. The van der Waals surface area contributed by atoms with Crippen LogP contribution in [0, 0.1) is 6.92 Å².